The highest BCUT2D eigenvalue weighted by Crippen LogP contribution is 2.26. The number of nitrogens with zero attached hydrogens (tertiary/aromatic N) is 1. The summed E-state index contributed by atoms with van der Waals surface area (Å²) in [5.74, 6) is -0.584. The van der Waals surface area contributed by atoms with Gasteiger partial charge in [0.05, 0.1) is 7.11 Å². The minimum atomic E-state index is -0.850. The van der Waals surface area contributed by atoms with Gasteiger partial charge in [-0.25, -0.2) is 8.78 Å². The molecular formula is C20H22F2N2O3. The Bertz CT molecular complexity index is 801. The van der Waals surface area contributed by atoms with Gasteiger partial charge in [0.2, 0.25) is 0 Å². The number of para-hydroxylation sites is 2. The van der Waals surface area contributed by atoms with E-state index in [0.29, 0.717) is 30.3 Å². The molecule has 1 aliphatic rings. The van der Waals surface area contributed by atoms with E-state index in [1.165, 1.54) is 6.07 Å². The third kappa shape index (κ3) is 4.87. The molecule has 1 fully saturated rings. The van der Waals surface area contributed by atoms with E-state index >= 15 is 0 Å². The number of carbonyl (C=O) groups excluding carboxylic acids is 1. The van der Waals surface area contributed by atoms with Gasteiger partial charge in [-0.2, -0.15) is 0 Å². The van der Waals surface area contributed by atoms with Crippen LogP contribution in [-0.4, -0.2) is 39.3 Å². The fourth-order valence-corrected chi connectivity index (χ4v) is 3.11. The Morgan fingerprint density at radius 1 is 1.19 bits per heavy atom. The van der Waals surface area contributed by atoms with Crippen LogP contribution < -0.4 is 19.7 Å². The Morgan fingerprint density at radius 2 is 1.96 bits per heavy atom. The minimum absolute atomic E-state index is 0.0972. The van der Waals surface area contributed by atoms with E-state index in [1.54, 1.807) is 31.4 Å². The maximum absolute atomic E-state index is 13.4. The quantitative estimate of drug-likeness (QED) is 0.807. The van der Waals surface area contributed by atoms with Gasteiger partial charge in [-0.05, 0) is 36.6 Å². The number of hydrogen-bond acceptors (Lipinski definition) is 4. The number of carbonyl (C=O) groups is 1. The van der Waals surface area contributed by atoms with E-state index in [1.807, 2.05) is 11.0 Å². The molecule has 2 aromatic carbocycles. The molecule has 1 saturated heterocycles. The van der Waals surface area contributed by atoms with Gasteiger partial charge in [-0.1, -0.05) is 12.1 Å². The van der Waals surface area contributed by atoms with Crippen LogP contribution in [0, 0.1) is 17.6 Å². The Labute approximate surface area is 156 Å². The van der Waals surface area contributed by atoms with Crippen LogP contribution in [0.25, 0.3) is 0 Å². The summed E-state index contributed by atoms with van der Waals surface area (Å²) >= 11 is 0. The van der Waals surface area contributed by atoms with Crippen LogP contribution in [0.3, 0.4) is 0 Å². The summed E-state index contributed by atoms with van der Waals surface area (Å²) in [6.45, 7) is 1.83. The molecule has 0 bridgehead atoms. The average molecular weight is 376 g/mol. The Balaban J connectivity index is 1.44. The van der Waals surface area contributed by atoms with E-state index in [-0.39, 0.29) is 18.4 Å². The molecule has 0 aromatic heterocycles. The number of benzene rings is 2. The molecular weight excluding hydrogens is 354 g/mol. The van der Waals surface area contributed by atoms with Gasteiger partial charge in [-0.15, -0.1) is 0 Å². The van der Waals surface area contributed by atoms with Gasteiger partial charge in [-0.3, -0.25) is 4.79 Å². The number of amides is 1. The topological polar surface area (TPSA) is 50.8 Å². The second-order valence-corrected chi connectivity index (χ2v) is 6.44. The van der Waals surface area contributed by atoms with Crippen LogP contribution in [0.2, 0.25) is 0 Å². The smallest absolute Gasteiger partial charge is 0.257 e. The number of halogens is 2. The largest absolute Gasteiger partial charge is 0.493 e. The highest BCUT2D eigenvalue weighted by atomic mass is 19.2. The predicted octanol–water partition coefficient (Wildman–Crippen LogP) is 2.99. The lowest BCUT2D eigenvalue weighted by molar-refractivity contribution is -0.123. The number of rotatable bonds is 7. The van der Waals surface area contributed by atoms with Gasteiger partial charge in [0.1, 0.15) is 0 Å². The molecule has 1 atom stereocenters. The summed E-state index contributed by atoms with van der Waals surface area (Å²) < 4.78 is 37.1. The molecule has 0 saturated carbocycles. The SMILES string of the molecule is COc1ccccc1OCC(=O)NC[C@H]1CCN(c2ccc(F)c(F)c2)C1. The number of nitrogens with one attached hydrogen (secondary N) is 1. The maximum Gasteiger partial charge on any atom is 0.257 e. The predicted molar refractivity (Wildman–Crippen MR) is 98.2 cm³/mol. The molecule has 2 aromatic rings. The van der Waals surface area contributed by atoms with Crippen LogP contribution in [0.4, 0.5) is 14.5 Å². The fourth-order valence-electron chi connectivity index (χ4n) is 3.11. The molecule has 0 aliphatic carbocycles. The van der Waals surface area contributed by atoms with Crippen LogP contribution in [0.1, 0.15) is 6.42 Å². The molecule has 1 amide bonds. The van der Waals surface area contributed by atoms with Crippen molar-refractivity contribution in [2.45, 2.75) is 6.42 Å². The fraction of sp³-hybridized carbons (Fsp3) is 0.350. The second-order valence-electron chi connectivity index (χ2n) is 6.44. The normalized spacial score (nSPS) is 16.3. The van der Waals surface area contributed by atoms with E-state index in [0.717, 1.165) is 19.0 Å². The Hall–Kier alpha value is -2.83. The molecule has 0 spiro atoms. The lowest BCUT2D eigenvalue weighted by Crippen LogP contribution is -2.34. The van der Waals surface area contributed by atoms with E-state index in [2.05, 4.69) is 5.32 Å². The molecule has 144 valence electrons. The van der Waals surface area contributed by atoms with E-state index in [9.17, 15) is 13.6 Å². The van der Waals surface area contributed by atoms with Gasteiger partial charge >= 0.3 is 0 Å². The minimum Gasteiger partial charge on any atom is -0.493 e. The maximum atomic E-state index is 13.4. The van der Waals surface area contributed by atoms with Crippen LogP contribution in [0.5, 0.6) is 11.5 Å². The summed E-state index contributed by atoms with van der Waals surface area (Å²) in [5.41, 5.74) is 0.655. The molecule has 1 heterocycles. The van der Waals surface area contributed by atoms with Crippen LogP contribution in [0.15, 0.2) is 42.5 Å². The van der Waals surface area contributed by atoms with Gasteiger partial charge in [0.25, 0.3) is 5.91 Å². The highest BCUT2D eigenvalue weighted by molar-refractivity contribution is 5.77. The van der Waals surface area contributed by atoms with Crippen molar-refractivity contribution >= 4 is 11.6 Å². The highest BCUT2D eigenvalue weighted by Gasteiger charge is 2.23. The van der Waals surface area contributed by atoms with Crippen molar-refractivity contribution in [1.29, 1.82) is 0 Å². The summed E-state index contributed by atoms with van der Waals surface area (Å²) in [6.07, 6.45) is 0.868. The van der Waals surface area contributed by atoms with Crippen molar-refractivity contribution < 1.29 is 23.0 Å². The van der Waals surface area contributed by atoms with Gasteiger partial charge < -0.3 is 19.7 Å². The summed E-state index contributed by atoms with van der Waals surface area (Å²) in [4.78, 5) is 14.0. The van der Waals surface area contributed by atoms with Crippen molar-refractivity contribution in [2.75, 3.05) is 38.3 Å². The van der Waals surface area contributed by atoms with Crippen molar-refractivity contribution in [3.8, 4) is 11.5 Å². The summed E-state index contributed by atoms with van der Waals surface area (Å²) in [7, 11) is 1.54. The number of ether oxygens (including phenoxy) is 2. The molecule has 27 heavy (non-hydrogen) atoms. The summed E-state index contributed by atoms with van der Waals surface area (Å²) in [5, 5.41) is 2.86. The molecule has 7 heteroatoms. The summed E-state index contributed by atoms with van der Waals surface area (Å²) in [6, 6.07) is 11.0. The molecule has 5 nitrogen and oxygen atoms in total. The first-order chi connectivity index (χ1) is 13.1. The second kappa shape index (κ2) is 8.70. The first-order valence-electron chi connectivity index (χ1n) is 8.79. The number of anilines is 1. The third-order valence-electron chi connectivity index (χ3n) is 4.57. The van der Waals surface area contributed by atoms with Crippen LogP contribution in [-0.2, 0) is 4.79 Å². The van der Waals surface area contributed by atoms with Gasteiger partial charge in [0, 0.05) is 31.4 Å². The van der Waals surface area contributed by atoms with Crippen molar-refractivity contribution in [3.63, 3.8) is 0 Å². The zero-order chi connectivity index (χ0) is 19.2. The lowest BCUT2D eigenvalue weighted by atomic mass is 10.1. The van der Waals surface area contributed by atoms with E-state index < -0.39 is 11.6 Å². The first kappa shape index (κ1) is 18.9. The Morgan fingerprint density at radius 3 is 2.70 bits per heavy atom. The van der Waals surface area contributed by atoms with E-state index in [4.69, 9.17) is 9.47 Å². The third-order valence-corrected chi connectivity index (χ3v) is 4.57. The molecule has 3 rings (SSSR count). The monoisotopic (exact) mass is 376 g/mol. The number of hydrogen-bond donors (Lipinski definition) is 1. The Kier molecular flexibility index (Phi) is 6.11. The number of methoxy groups -OCH3 is 1. The van der Waals surface area contributed by atoms with Gasteiger partial charge in [0.15, 0.2) is 29.7 Å². The molecule has 0 radical (unpaired) electrons. The van der Waals surface area contributed by atoms with Crippen molar-refractivity contribution in [3.05, 3.63) is 54.1 Å². The zero-order valence-corrected chi connectivity index (χ0v) is 15.1. The van der Waals surface area contributed by atoms with Crippen molar-refractivity contribution in [1.82, 2.24) is 5.32 Å². The average Bonchev–Trinajstić information content (AvgIpc) is 3.16. The molecule has 1 aliphatic heterocycles. The van der Waals surface area contributed by atoms with Crippen LogP contribution >= 0.6 is 0 Å². The molecule has 0 unspecified atom stereocenters. The first-order valence-corrected chi connectivity index (χ1v) is 8.79. The molecule has 1 N–H and O–H groups in total. The lowest BCUT2D eigenvalue weighted by Gasteiger charge is -2.19. The van der Waals surface area contributed by atoms with Crippen molar-refractivity contribution in [2.24, 2.45) is 5.92 Å². The standard InChI is InChI=1S/C20H22F2N2O3/c1-26-18-4-2-3-5-19(18)27-13-20(25)23-11-14-8-9-24(12-14)15-6-7-16(21)17(22)10-15/h2-7,10,14H,8-9,11-13H2,1H3,(H,23,25)/t14-/m1/s1. The zero-order valence-electron chi connectivity index (χ0n) is 15.1.